The van der Waals surface area contributed by atoms with E-state index in [2.05, 4.69) is 21.9 Å². The van der Waals surface area contributed by atoms with Crippen molar-refractivity contribution in [3.05, 3.63) is 29.8 Å². The van der Waals surface area contributed by atoms with Crippen molar-refractivity contribution in [3.8, 4) is 0 Å². The molecule has 0 aromatic heterocycles. The molecule has 5 nitrogen and oxygen atoms in total. The van der Waals surface area contributed by atoms with Gasteiger partial charge in [0.25, 0.3) is 0 Å². The minimum Gasteiger partial charge on any atom is -0.382 e. The first-order valence-electron chi connectivity index (χ1n) is 5.75. The van der Waals surface area contributed by atoms with Crippen molar-refractivity contribution < 1.29 is 0 Å². The standard InChI is InChI=1S/C13H19N5/c1-4-9-6-5-7-10(8-9)18-13(15)11(16-2)12(14)17-3/h5-8H,4H2,1-3H3,(H2,14,17)(H2,15,18). The van der Waals surface area contributed by atoms with Gasteiger partial charge in [0.15, 0.2) is 5.84 Å². The molecule has 0 atom stereocenters. The van der Waals surface area contributed by atoms with Gasteiger partial charge in [-0.15, -0.1) is 0 Å². The van der Waals surface area contributed by atoms with Crippen LogP contribution in [0.2, 0.25) is 0 Å². The fourth-order valence-electron chi connectivity index (χ4n) is 1.50. The van der Waals surface area contributed by atoms with Crippen molar-refractivity contribution in [1.82, 2.24) is 0 Å². The van der Waals surface area contributed by atoms with Crippen LogP contribution in [0, 0.1) is 0 Å². The van der Waals surface area contributed by atoms with Gasteiger partial charge >= 0.3 is 0 Å². The minimum atomic E-state index is 0.272. The molecule has 0 amide bonds. The normalized spacial score (nSPS) is 13.8. The Kier molecular flexibility index (Phi) is 5.05. The average Bonchev–Trinajstić information content (AvgIpc) is 2.39. The molecule has 96 valence electrons. The van der Waals surface area contributed by atoms with E-state index in [4.69, 9.17) is 11.5 Å². The molecule has 4 N–H and O–H groups in total. The van der Waals surface area contributed by atoms with E-state index in [0.29, 0.717) is 5.71 Å². The summed E-state index contributed by atoms with van der Waals surface area (Å²) in [7, 11) is 3.20. The lowest BCUT2D eigenvalue weighted by molar-refractivity contribution is 1.14. The first kappa shape index (κ1) is 13.9. The Hall–Kier alpha value is -2.17. The fraction of sp³-hybridized carbons (Fsp3) is 0.308. The number of amidine groups is 2. The number of hydrogen-bond acceptors (Lipinski definition) is 3. The number of hydrogen-bond donors (Lipinski definition) is 2. The number of rotatable bonds is 4. The minimum absolute atomic E-state index is 0.272. The van der Waals surface area contributed by atoms with Crippen LogP contribution in [0.4, 0.5) is 5.69 Å². The van der Waals surface area contributed by atoms with Gasteiger partial charge in [-0.25, -0.2) is 4.99 Å². The molecule has 0 bridgehead atoms. The molecule has 0 saturated carbocycles. The smallest absolute Gasteiger partial charge is 0.153 e. The molecule has 0 aliphatic heterocycles. The molecule has 1 rings (SSSR count). The van der Waals surface area contributed by atoms with Gasteiger partial charge in [0, 0.05) is 14.1 Å². The highest BCUT2D eigenvalue weighted by Gasteiger charge is 2.08. The molecule has 0 fully saturated rings. The van der Waals surface area contributed by atoms with Gasteiger partial charge in [-0.2, -0.15) is 0 Å². The van der Waals surface area contributed by atoms with Crippen LogP contribution in [0.3, 0.4) is 0 Å². The van der Waals surface area contributed by atoms with Crippen molar-refractivity contribution in [1.29, 1.82) is 0 Å². The van der Waals surface area contributed by atoms with Gasteiger partial charge in [-0.1, -0.05) is 19.1 Å². The maximum atomic E-state index is 5.89. The Morgan fingerprint density at radius 2 is 1.83 bits per heavy atom. The van der Waals surface area contributed by atoms with Crippen LogP contribution in [-0.2, 0) is 6.42 Å². The first-order chi connectivity index (χ1) is 8.62. The van der Waals surface area contributed by atoms with E-state index < -0.39 is 0 Å². The quantitative estimate of drug-likeness (QED) is 0.618. The van der Waals surface area contributed by atoms with E-state index in [0.717, 1.165) is 12.1 Å². The third-order valence-electron chi connectivity index (χ3n) is 2.52. The zero-order chi connectivity index (χ0) is 13.5. The molecule has 0 aliphatic carbocycles. The second-order valence-electron chi connectivity index (χ2n) is 3.70. The third-order valence-corrected chi connectivity index (χ3v) is 2.52. The maximum absolute atomic E-state index is 5.89. The highest BCUT2D eigenvalue weighted by Crippen LogP contribution is 2.14. The molecule has 0 heterocycles. The van der Waals surface area contributed by atoms with Gasteiger partial charge < -0.3 is 11.5 Å². The van der Waals surface area contributed by atoms with E-state index >= 15 is 0 Å². The molecule has 18 heavy (non-hydrogen) atoms. The van der Waals surface area contributed by atoms with E-state index in [1.54, 1.807) is 14.1 Å². The van der Waals surface area contributed by atoms with Crippen LogP contribution in [0.15, 0.2) is 39.2 Å². The summed E-state index contributed by atoms with van der Waals surface area (Å²) in [6.07, 6.45) is 0.955. The van der Waals surface area contributed by atoms with Gasteiger partial charge in [-0.05, 0) is 24.1 Å². The second-order valence-corrected chi connectivity index (χ2v) is 3.70. The van der Waals surface area contributed by atoms with E-state index in [1.807, 2.05) is 24.3 Å². The SMILES string of the molecule is CCc1cccc(N=C(N)C(=NC)C(N)=NC)c1. The Bertz CT molecular complexity index is 500. The van der Waals surface area contributed by atoms with Crippen LogP contribution in [0.5, 0.6) is 0 Å². The van der Waals surface area contributed by atoms with Crippen LogP contribution >= 0.6 is 0 Å². The summed E-state index contributed by atoms with van der Waals surface area (Å²) in [5, 5.41) is 0. The summed E-state index contributed by atoms with van der Waals surface area (Å²) >= 11 is 0. The Labute approximate surface area is 107 Å². The summed E-state index contributed by atoms with van der Waals surface area (Å²) in [5.41, 5.74) is 14.0. The van der Waals surface area contributed by atoms with E-state index in [9.17, 15) is 0 Å². The summed E-state index contributed by atoms with van der Waals surface area (Å²) in [6.45, 7) is 2.09. The Balaban J connectivity index is 3.08. The topological polar surface area (TPSA) is 89.1 Å². The van der Waals surface area contributed by atoms with Crippen molar-refractivity contribution in [3.63, 3.8) is 0 Å². The number of benzene rings is 1. The summed E-state index contributed by atoms with van der Waals surface area (Å²) in [4.78, 5) is 12.2. The lowest BCUT2D eigenvalue weighted by Crippen LogP contribution is -2.35. The third kappa shape index (κ3) is 3.41. The van der Waals surface area contributed by atoms with Crippen LogP contribution in [-0.4, -0.2) is 31.5 Å². The highest BCUT2D eigenvalue weighted by atomic mass is 14.9. The average molecular weight is 245 g/mol. The monoisotopic (exact) mass is 245 g/mol. The largest absolute Gasteiger partial charge is 0.382 e. The molecule has 0 unspecified atom stereocenters. The van der Waals surface area contributed by atoms with Crippen molar-refractivity contribution in [2.75, 3.05) is 14.1 Å². The Morgan fingerprint density at radius 1 is 1.11 bits per heavy atom. The van der Waals surface area contributed by atoms with Gasteiger partial charge in [0.1, 0.15) is 11.5 Å². The number of nitrogens with zero attached hydrogens (tertiary/aromatic N) is 3. The number of aryl methyl sites for hydroxylation is 1. The maximum Gasteiger partial charge on any atom is 0.153 e. The number of nitrogens with two attached hydrogens (primary N) is 2. The van der Waals surface area contributed by atoms with Crippen LogP contribution in [0.25, 0.3) is 0 Å². The summed E-state index contributed by atoms with van der Waals surface area (Å²) in [5.74, 6) is 0.555. The molecule has 0 aliphatic rings. The molecule has 1 aromatic rings. The zero-order valence-electron chi connectivity index (χ0n) is 11.0. The van der Waals surface area contributed by atoms with Crippen molar-refractivity contribution in [2.45, 2.75) is 13.3 Å². The van der Waals surface area contributed by atoms with Crippen LogP contribution in [0.1, 0.15) is 12.5 Å². The second kappa shape index (κ2) is 6.54. The van der Waals surface area contributed by atoms with Crippen molar-refractivity contribution in [2.24, 2.45) is 26.4 Å². The molecule has 0 spiro atoms. The van der Waals surface area contributed by atoms with Gasteiger partial charge in [0.2, 0.25) is 0 Å². The van der Waals surface area contributed by atoms with Crippen molar-refractivity contribution >= 4 is 23.1 Å². The molecule has 0 radical (unpaired) electrons. The fourth-order valence-corrected chi connectivity index (χ4v) is 1.50. The molecule has 1 aromatic carbocycles. The molecular formula is C13H19N5. The molecule has 5 heteroatoms. The molecular weight excluding hydrogens is 226 g/mol. The summed E-state index contributed by atoms with van der Waals surface area (Å²) < 4.78 is 0. The number of aliphatic imine (C=N–C) groups is 3. The zero-order valence-corrected chi connectivity index (χ0v) is 11.0. The lowest BCUT2D eigenvalue weighted by atomic mass is 10.1. The predicted octanol–water partition coefficient (Wildman–Crippen LogP) is 1.30. The molecule has 0 saturated heterocycles. The predicted molar refractivity (Wildman–Crippen MR) is 78.0 cm³/mol. The van der Waals surface area contributed by atoms with E-state index in [1.165, 1.54) is 5.56 Å². The Morgan fingerprint density at radius 3 is 2.39 bits per heavy atom. The van der Waals surface area contributed by atoms with Gasteiger partial charge in [0.05, 0.1) is 5.69 Å². The first-order valence-corrected chi connectivity index (χ1v) is 5.75. The van der Waals surface area contributed by atoms with E-state index in [-0.39, 0.29) is 11.7 Å². The lowest BCUT2D eigenvalue weighted by Gasteiger charge is -2.04. The highest BCUT2D eigenvalue weighted by molar-refractivity contribution is 6.67. The summed E-state index contributed by atoms with van der Waals surface area (Å²) in [6, 6.07) is 7.87. The van der Waals surface area contributed by atoms with Gasteiger partial charge in [-0.3, -0.25) is 9.98 Å². The van der Waals surface area contributed by atoms with Crippen LogP contribution < -0.4 is 11.5 Å².